The number of aliphatic hydroxyl groups excluding tert-OH is 1. The van der Waals surface area contributed by atoms with Gasteiger partial charge in [-0.1, -0.05) is 30.3 Å². The van der Waals surface area contributed by atoms with Crippen LogP contribution in [0.4, 0.5) is 0 Å². The summed E-state index contributed by atoms with van der Waals surface area (Å²) in [6, 6.07) is 8.74. The highest BCUT2D eigenvalue weighted by Gasteiger charge is 2.15. The Morgan fingerprint density at radius 2 is 2.06 bits per heavy atom. The minimum Gasteiger partial charge on any atom is -0.515 e. The van der Waals surface area contributed by atoms with Gasteiger partial charge in [0.15, 0.2) is 5.78 Å². The van der Waals surface area contributed by atoms with Gasteiger partial charge in [0.1, 0.15) is 5.82 Å². The molecule has 16 heavy (non-hydrogen) atoms. The lowest BCUT2D eigenvalue weighted by molar-refractivity contribution is 0.105. The van der Waals surface area contributed by atoms with Gasteiger partial charge in [0.2, 0.25) is 0 Å². The molecule has 0 fully saturated rings. The van der Waals surface area contributed by atoms with Crippen molar-refractivity contribution in [3.8, 4) is 0 Å². The van der Waals surface area contributed by atoms with E-state index in [-0.39, 0.29) is 11.4 Å². The zero-order valence-corrected chi connectivity index (χ0v) is 8.42. The van der Waals surface area contributed by atoms with Gasteiger partial charge in [-0.3, -0.25) is 4.79 Å². The fourth-order valence-corrected chi connectivity index (χ4v) is 1.38. The minimum absolute atomic E-state index is 0.149. The summed E-state index contributed by atoms with van der Waals surface area (Å²) in [7, 11) is 0. The first kappa shape index (κ1) is 10.2. The molecule has 4 heteroatoms. The molecule has 4 nitrogen and oxygen atoms in total. The van der Waals surface area contributed by atoms with Crippen molar-refractivity contribution in [3.05, 3.63) is 60.4 Å². The molecule has 0 aliphatic heterocycles. The number of hydrogen-bond donors (Lipinski definition) is 2. The molecule has 0 saturated carbocycles. The van der Waals surface area contributed by atoms with Gasteiger partial charge in [0.25, 0.3) is 0 Å². The van der Waals surface area contributed by atoms with E-state index < -0.39 is 0 Å². The van der Waals surface area contributed by atoms with Gasteiger partial charge in [-0.15, -0.1) is 0 Å². The number of rotatable bonds is 3. The number of aromatic amines is 1. The van der Waals surface area contributed by atoms with Crippen LogP contribution < -0.4 is 0 Å². The van der Waals surface area contributed by atoms with Crippen molar-refractivity contribution in [3.63, 3.8) is 0 Å². The second-order valence-corrected chi connectivity index (χ2v) is 3.18. The van der Waals surface area contributed by atoms with Crippen LogP contribution in [0.5, 0.6) is 0 Å². The molecule has 2 N–H and O–H groups in total. The fourth-order valence-electron chi connectivity index (χ4n) is 1.38. The standard InChI is InChI=1S/C12H10N2O2/c15-8-10(12-13-6-7-14-12)11(16)9-4-2-1-3-5-9/h1-8,15H,(H,13,14). The topological polar surface area (TPSA) is 66.0 Å². The lowest BCUT2D eigenvalue weighted by Gasteiger charge is -2.01. The van der Waals surface area contributed by atoms with E-state index in [2.05, 4.69) is 9.97 Å². The van der Waals surface area contributed by atoms with E-state index in [1.165, 1.54) is 6.20 Å². The molecule has 2 rings (SSSR count). The van der Waals surface area contributed by atoms with Crippen LogP contribution in [0.2, 0.25) is 0 Å². The third-order valence-corrected chi connectivity index (χ3v) is 2.16. The van der Waals surface area contributed by atoms with Gasteiger partial charge < -0.3 is 10.1 Å². The zero-order chi connectivity index (χ0) is 11.4. The summed E-state index contributed by atoms with van der Waals surface area (Å²) >= 11 is 0. The molecule has 80 valence electrons. The van der Waals surface area contributed by atoms with Crippen LogP contribution in [0.1, 0.15) is 16.2 Å². The number of imidazole rings is 1. The van der Waals surface area contributed by atoms with Crippen molar-refractivity contribution >= 4 is 11.4 Å². The molecule has 1 aromatic heterocycles. The quantitative estimate of drug-likeness (QED) is 0.467. The maximum Gasteiger partial charge on any atom is 0.199 e. The molecule has 0 aliphatic rings. The highest BCUT2D eigenvalue weighted by atomic mass is 16.2. The van der Waals surface area contributed by atoms with Gasteiger partial charge in [-0.2, -0.15) is 0 Å². The lowest BCUT2D eigenvalue weighted by Crippen LogP contribution is -2.04. The van der Waals surface area contributed by atoms with Crippen LogP contribution in [0, 0.1) is 0 Å². The monoisotopic (exact) mass is 214 g/mol. The first-order chi connectivity index (χ1) is 7.83. The SMILES string of the molecule is O=C(C(=CO)c1ncc[nH]1)c1ccccc1. The van der Waals surface area contributed by atoms with E-state index in [0.29, 0.717) is 11.4 Å². The Bertz CT molecular complexity index is 501. The summed E-state index contributed by atoms with van der Waals surface area (Å²) in [5.41, 5.74) is 0.662. The molecule has 0 unspecified atom stereocenters. The minimum atomic E-state index is -0.266. The van der Waals surface area contributed by atoms with Crippen molar-refractivity contribution in [2.45, 2.75) is 0 Å². The van der Waals surface area contributed by atoms with Crippen LogP contribution in [0.25, 0.3) is 5.57 Å². The Labute approximate surface area is 92.3 Å². The number of allylic oxidation sites excluding steroid dienone is 1. The average Bonchev–Trinajstić information content (AvgIpc) is 2.85. The van der Waals surface area contributed by atoms with Crippen LogP contribution >= 0.6 is 0 Å². The van der Waals surface area contributed by atoms with Crippen molar-refractivity contribution in [1.82, 2.24) is 9.97 Å². The molecule has 2 aromatic rings. The van der Waals surface area contributed by atoms with Gasteiger partial charge >= 0.3 is 0 Å². The smallest absolute Gasteiger partial charge is 0.199 e. The molecule has 0 bridgehead atoms. The van der Waals surface area contributed by atoms with Crippen molar-refractivity contribution < 1.29 is 9.90 Å². The summed E-state index contributed by atoms with van der Waals surface area (Å²) < 4.78 is 0. The number of hydrogen-bond acceptors (Lipinski definition) is 3. The van der Waals surface area contributed by atoms with Crippen LogP contribution in [0.3, 0.4) is 0 Å². The Kier molecular flexibility index (Phi) is 2.82. The first-order valence-corrected chi connectivity index (χ1v) is 4.77. The van der Waals surface area contributed by atoms with Crippen molar-refractivity contribution in [1.29, 1.82) is 0 Å². The first-order valence-electron chi connectivity index (χ1n) is 4.77. The Morgan fingerprint density at radius 3 is 2.62 bits per heavy atom. The van der Waals surface area contributed by atoms with Crippen LogP contribution in [-0.2, 0) is 0 Å². The normalized spacial score (nSPS) is 11.4. The van der Waals surface area contributed by atoms with E-state index in [4.69, 9.17) is 5.11 Å². The maximum absolute atomic E-state index is 12.0. The third kappa shape index (κ3) is 1.86. The summed E-state index contributed by atoms with van der Waals surface area (Å²) in [6.45, 7) is 0. The lowest BCUT2D eigenvalue weighted by atomic mass is 10.0. The number of aromatic nitrogens is 2. The predicted molar refractivity (Wildman–Crippen MR) is 60.0 cm³/mol. The Morgan fingerprint density at radius 1 is 1.31 bits per heavy atom. The summed E-state index contributed by atoms with van der Waals surface area (Å²) in [5, 5.41) is 9.09. The van der Waals surface area contributed by atoms with Crippen LogP contribution in [-0.4, -0.2) is 20.9 Å². The van der Waals surface area contributed by atoms with E-state index in [0.717, 1.165) is 6.26 Å². The number of benzene rings is 1. The predicted octanol–water partition coefficient (Wildman–Crippen LogP) is 2.19. The summed E-state index contributed by atoms with van der Waals surface area (Å²) in [6.07, 6.45) is 3.89. The van der Waals surface area contributed by atoms with Crippen LogP contribution in [0.15, 0.2) is 49.0 Å². The molecule has 0 spiro atoms. The highest BCUT2D eigenvalue weighted by molar-refractivity contribution is 6.27. The van der Waals surface area contributed by atoms with Gasteiger partial charge in [-0.25, -0.2) is 4.98 Å². The molecule has 0 aliphatic carbocycles. The average molecular weight is 214 g/mol. The molecular weight excluding hydrogens is 204 g/mol. The number of nitrogens with zero attached hydrogens (tertiary/aromatic N) is 1. The molecule has 1 heterocycles. The number of ketones is 1. The van der Waals surface area contributed by atoms with E-state index in [1.807, 2.05) is 6.07 Å². The molecule has 0 radical (unpaired) electrons. The third-order valence-electron chi connectivity index (χ3n) is 2.16. The maximum atomic E-state index is 12.0. The van der Waals surface area contributed by atoms with E-state index in [9.17, 15) is 4.79 Å². The van der Waals surface area contributed by atoms with E-state index in [1.54, 1.807) is 30.5 Å². The number of aliphatic hydroxyl groups is 1. The second-order valence-electron chi connectivity index (χ2n) is 3.18. The number of carbonyl (C=O) groups is 1. The highest BCUT2D eigenvalue weighted by Crippen LogP contribution is 2.15. The fraction of sp³-hybridized carbons (Fsp3) is 0. The molecular formula is C12H10N2O2. The number of H-pyrrole nitrogens is 1. The summed E-state index contributed by atoms with van der Waals surface area (Å²) in [5.74, 6) is 0.0920. The molecule has 0 amide bonds. The summed E-state index contributed by atoms with van der Waals surface area (Å²) in [4.78, 5) is 18.7. The molecule has 0 atom stereocenters. The number of Topliss-reactive ketones (excluding diaryl/α,β-unsaturated/α-hetero) is 1. The molecule has 1 aromatic carbocycles. The van der Waals surface area contributed by atoms with Gasteiger partial charge in [-0.05, 0) is 0 Å². The second kappa shape index (κ2) is 4.44. The number of nitrogens with one attached hydrogen (secondary N) is 1. The Balaban J connectivity index is 2.35. The molecule has 0 saturated heterocycles. The largest absolute Gasteiger partial charge is 0.515 e. The van der Waals surface area contributed by atoms with Gasteiger partial charge in [0.05, 0.1) is 11.8 Å². The Hall–Kier alpha value is -2.36. The van der Waals surface area contributed by atoms with Gasteiger partial charge in [0, 0.05) is 18.0 Å². The van der Waals surface area contributed by atoms with Crippen molar-refractivity contribution in [2.24, 2.45) is 0 Å². The number of carbonyl (C=O) groups excluding carboxylic acids is 1. The van der Waals surface area contributed by atoms with E-state index >= 15 is 0 Å². The zero-order valence-electron chi connectivity index (χ0n) is 8.42. The van der Waals surface area contributed by atoms with Crippen molar-refractivity contribution in [2.75, 3.05) is 0 Å².